The Hall–Kier alpha value is -3.13. The summed E-state index contributed by atoms with van der Waals surface area (Å²) in [5, 5.41) is 15.9. The van der Waals surface area contributed by atoms with Gasteiger partial charge in [-0.25, -0.2) is 0 Å². The van der Waals surface area contributed by atoms with Crippen LogP contribution in [0.4, 0.5) is 0 Å². The molecular weight excluding hydrogens is 324 g/mol. The fourth-order valence-corrected chi connectivity index (χ4v) is 3.05. The van der Waals surface area contributed by atoms with Crippen LogP contribution in [0.1, 0.15) is 15.9 Å². The van der Waals surface area contributed by atoms with Crippen molar-refractivity contribution in [2.24, 2.45) is 0 Å². The second-order valence-corrected chi connectivity index (χ2v) is 6.04. The van der Waals surface area contributed by atoms with Gasteiger partial charge < -0.3 is 5.32 Å². The van der Waals surface area contributed by atoms with E-state index >= 15 is 0 Å². The standard InChI is InChI=1S/C16H12N6OS/c23-14(13-2-1-7-17-9-13)18-8-11-3-5-12(6-4-11)15-21-22-10-19-20-16(22)24-15/h1-7,9-10H,8H2,(H,18,23). The Morgan fingerprint density at radius 2 is 2.08 bits per heavy atom. The third kappa shape index (κ3) is 2.86. The minimum Gasteiger partial charge on any atom is -0.348 e. The van der Waals surface area contributed by atoms with E-state index in [1.54, 1.807) is 35.4 Å². The van der Waals surface area contributed by atoms with Crippen molar-refractivity contribution in [3.63, 3.8) is 0 Å². The van der Waals surface area contributed by atoms with Crippen LogP contribution in [0.15, 0.2) is 55.1 Å². The summed E-state index contributed by atoms with van der Waals surface area (Å²) in [7, 11) is 0. The highest BCUT2D eigenvalue weighted by molar-refractivity contribution is 7.19. The van der Waals surface area contributed by atoms with Gasteiger partial charge in [0.05, 0.1) is 5.56 Å². The SMILES string of the molecule is O=C(NCc1ccc(-c2nn3cnnc3s2)cc1)c1cccnc1. The minimum atomic E-state index is -0.138. The second kappa shape index (κ2) is 6.17. The third-order valence-corrected chi connectivity index (χ3v) is 4.43. The summed E-state index contributed by atoms with van der Waals surface area (Å²) in [4.78, 5) is 16.7. The number of rotatable bonds is 4. The predicted octanol–water partition coefficient (Wildman–Crippen LogP) is 2.18. The molecule has 0 bridgehead atoms. The van der Waals surface area contributed by atoms with Gasteiger partial charge in [-0.3, -0.25) is 9.78 Å². The molecule has 0 spiro atoms. The Balaban J connectivity index is 1.44. The molecule has 1 amide bonds. The van der Waals surface area contributed by atoms with Crippen LogP contribution in [0, 0.1) is 0 Å². The quantitative estimate of drug-likeness (QED) is 0.617. The molecule has 4 rings (SSSR count). The average Bonchev–Trinajstić information content (AvgIpc) is 3.23. The number of amides is 1. The first-order valence-corrected chi connectivity index (χ1v) is 8.05. The monoisotopic (exact) mass is 336 g/mol. The number of carbonyl (C=O) groups excluding carboxylic acids is 1. The number of fused-ring (bicyclic) bond motifs is 1. The number of hydrogen-bond donors (Lipinski definition) is 1. The molecule has 3 aromatic heterocycles. The van der Waals surface area contributed by atoms with Gasteiger partial charge in [0.25, 0.3) is 5.91 Å². The second-order valence-electron chi connectivity index (χ2n) is 5.09. The summed E-state index contributed by atoms with van der Waals surface area (Å²) in [6, 6.07) is 11.4. The van der Waals surface area contributed by atoms with Crippen molar-refractivity contribution in [1.29, 1.82) is 0 Å². The van der Waals surface area contributed by atoms with Gasteiger partial charge in [0.2, 0.25) is 4.96 Å². The molecule has 0 atom stereocenters. The number of nitrogens with zero attached hydrogens (tertiary/aromatic N) is 5. The Morgan fingerprint density at radius 3 is 2.83 bits per heavy atom. The van der Waals surface area contributed by atoms with E-state index < -0.39 is 0 Å². The van der Waals surface area contributed by atoms with Gasteiger partial charge in [0.15, 0.2) is 0 Å². The topological polar surface area (TPSA) is 85.1 Å². The zero-order valence-corrected chi connectivity index (χ0v) is 13.3. The van der Waals surface area contributed by atoms with Crippen LogP contribution < -0.4 is 5.32 Å². The van der Waals surface area contributed by atoms with Gasteiger partial charge in [0, 0.05) is 24.5 Å². The van der Waals surface area contributed by atoms with Gasteiger partial charge in [-0.1, -0.05) is 35.6 Å². The maximum atomic E-state index is 12.0. The molecule has 7 nitrogen and oxygen atoms in total. The number of benzene rings is 1. The van der Waals surface area contributed by atoms with E-state index in [0.717, 1.165) is 21.1 Å². The van der Waals surface area contributed by atoms with E-state index in [1.165, 1.54) is 11.3 Å². The van der Waals surface area contributed by atoms with Crippen molar-refractivity contribution in [1.82, 2.24) is 30.1 Å². The molecule has 4 aromatic rings. The lowest BCUT2D eigenvalue weighted by molar-refractivity contribution is 0.0950. The molecule has 8 heteroatoms. The first kappa shape index (κ1) is 14.5. The summed E-state index contributed by atoms with van der Waals surface area (Å²) in [5.74, 6) is -0.138. The van der Waals surface area contributed by atoms with Gasteiger partial charge in [-0.05, 0) is 17.7 Å². The highest BCUT2D eigenvalue weighted by atomic mass is 32.1. The van der Waals surface area contributed by atoms with Crippen LogP contribution in [-0.2, 0) is 6.54 Å². The molecule has 0 aliphatic heterocycles. The predicted molar refractivity (Wildman–Crippen MR) is 89.5 cm³/mol. The average molecular weight is 336 g/mol. The smallest absolute Gasteiger partial charge is 0.253 e. The molecule has 0 aliphatic carbocycles. The summed E-state index contributed by atoms with van der Waals surface area (Å²) in [6.07, 6.45) is 4.77. The Bertz CT molecular complexity index is 948. The fraction of sp³-hybridized carbons (Fsp3) is 0.0625. The molecule has 1 N–H and O–H groups in total. The molecule has 0 saturated carbocycles. The Morgan fingerprint density at radius 1 is 1.21 bits per heavy atom. The van der Waals surface area contributed by atoms with Crippen molar-refractivity contribution in [2.45, 2.75) is 6.54 Å². The lowest BCUT2D eigenvalue weighted by Gasteiger charge is -2.05. The summed E-state index contributed by atoms with van der Waals surface area (Å²) >= 11 is 1.48. The number of aromatic nitrogens is 5. The molecule has 0 aliphatic rings. The van der Waals surface area contributed by atoms with Gasteiger partial charge in [-0.2, -0.15) is 9.61 Å². The number of carbonyl (C=O) groups is 1. The normalized spacial score (nSPS) is 10.8. The lowest BCUT2D eigenvalue weighted by atomic mass is 10.1. The first-order valence-electron chi connectivity index (χ1n) is 7.24. The lowest BCUT2D eigenvalue weighted by Crippen LogP contribution is -2.22. The molecule has 24 heavy (non-hydrogen) atoms. The highest BCUT2D eigenvalue weighted by Crippen LogP contribution is 2.24. The van der Waals surface area contributed by atoms with Crippen molar-refractivity contribution in [3.8, 4) is 10.6 Å². The summed E-state index contributed by atoms with van der Waals surface area (Å²) in [5.41, 5.74) is 2.57. The highest BCUT2D eigenvalue weighted by Gasteiger charge is 2.08. The van der Waals surface area contributed by atoms with E-state index in [2.05, 4.69) is 25.6 Å². The van der Waals surface area contributed by atoms with Gasteiger partial charge in [0.1, 0.15) is 11.3 Å². The van der Waals surface area contributed by atoms with Crippen molar-refractivity contribution >= 4 is 22.2 Å². The van der Waals surface area contributed by atoms with Crippen LogP contribution in [-0.4, -0.2) is 30.7 Å². The van der Waals surface area contributed by atoms with E-state index in [0.29, 0.717) is 12.1 Å². The molecule has 0 fully saturated rings. The van der Waals surface area contributed by atoms with Gasteiger partial charge in [-0.15, -0.1) is 10.2 Å². The molecule has 118 valence electrons. The van der Waals surface area contributed by atoms with Gasteiger partial charge >= 0.3 is 0 Å². The third-order valence-electron chi connectivity index (χ3n) is 3.46. The summed E-state index contributed by atoms with van der Waals surface area (Å²) < 4.78 is 1.65. The minimum absolute atomic E-state index is 0.138. The number of pyridine rings is 1. The van der Waals surface area contributed by atoms with Crippen molar-refractivity contribution < 1.29 is 4.79 Å². The molecule has 0 unspecified atom stereocenters. The molecule has 3 heterocycles. The maximum Gasteiger partial charge on any atom is 0.253 e. The van der Waals surface area contributed by atoms with E-state index in [1.807, 2.05) is 24.3 Å². The van der Waals surface area contributed by atoms with Crippen LogP contribution in [0.3, 0.4) is 0 Å². The largest absolute Gasteiger partial charge is 0.348 e. The molecule has 0 saturated heterocycles. The van der Waals surface area contributed by atoms with E-state index in [9.17, 15) is 4.79 Å². The van der Waals surface area contributed by atoms with Crippen molar-refractivity contribution in [3.05, 3.63) is 66.2 Å². The van der Waals surface area contributed by atoms with Crippen LogP contribution in [0.25, 0.3) is 15.5 Å². The van der Waals surface area contributed by atoms with E-state index in [4.69, 9.17) is 0 Å². The van der Waals surface area contributed by atoms with Crippen LogP contribution in [0.5, 0.6) is 0 Å². The number of hydrogen-bond acceptors (Lipinski definition) is 6. The fourth-order valence-electron chi connectivity index (χ4n) is 2.22. The molecule has 0 radical (unpaired) electrons. The Kier molecular flexibility index (Phi) is 3.72. The maximum absolute atomic E-state index is 12.0. The van der Waals surface area contributed by atoms with Crippen molar-refractivity contribution in [2.75, 3.05) is 0 Å². The van der Waals surface area contributed by atoms with Crippen LogP contribution in [0.2, 0.25) is 0 Å². The van der Waals surface area contributed by atoms with Crippen LogP contribution >= 0.6 is 11.3 Å². The molecule has 1 aromatic carbocycles. The number of nitrogens with one attached hydrogen (secondary N) is 1. The summed E-state index contributed by atoms with van der Waals surface area (Å²) in [6.45, 7) is 0.457. The Labute approximate surface area is 141 Å². The molecular formula is C16H12N6OS. The zero-order valence-electron chi connectivity index (χ0n) is 12.5. The zero-order chi connectivity index (χ0) is 16.4. The van der Waals surface area contributed by atoms with E-state index in [-0.39, 0.29) is 5.91 Å². The first-order chi connectivity index (χ1) is 11.8.